The monoisotopic (exact) mass is 334 g/mol. The summed E-state index contributed by atoms with van der Waals surface area (Å²) in [6.45, 7) is 7.69. The lowest BCUT2D eigenvalue weighted by molar-refractivity contribution is 0.0293. The Bertz CT molecular complexity index is 463. The van der Waals surface area contributed by atoms with Gasteiger partial charge in [0.15, 0.2) is 0 Å². The van der Waals surface area contributed by atoms with Crippen LogP contribution in [-0.4, -0.2) is 47.9 Å². The molecular formula is C15H24Cl2N2O2. The molecule has 1 saturated heterocycles. The maximum atomic E-state index is 10.2. The van der Waals surface area contributed by atoms with E-state index in [9.17, 15) is 10.2 Å². The van der Waals surface area contributed by atoms with Crippen LogP contribution in [0.5, 0.6) is 5.75 Å². The van der Waals surface area contributed by atoms with Crippen molar-refractivity contribution in [2.75, 3.05) is 32.8 Å². The van der Waals surface area contributed by atoms with E-state index in [2.05, 4.69) is 10.2 Å². The van der Waals surface area contributed by atoms with E-state index in [1.807, 2.05) is 13.8 Å². The highest BCUT2D eigenvalue weighted by Crippen LogP contribution is 2.42. The van der Waals surface area contributed by atoms with Crippen molar-refractivity contribution in [3.8, 4) is 5.75 Å². The van der Waals surface area contributed by atoms with Gasteiger partial charge in [0.1, 0.15) is 5.75 Å². The molecule has 0 spiro atoms. The molecule has 0 unspecified atom stereocenters. The van der Waals surface area contributed by atoms with Crippen molar-refractivity contribution in [1.29, 1.82) is 0 Å². The lowest BCUT2D eigenvalue weighted by Crippen LogP contribution is -2.49. The quantitative estimate of drug-likeness (QED) is 0.791. The molecule has 6 heteroatoms. The minimum absolute atomic E-state index is 0. The van der Waals surface area contributed by atoms with E-state index in [1.54, 1.807) is 18.2 Å². The van der Waals surface area contributed by atoms with Crippen molar-refractivity contribution >= 4 is 24.0 Å². The van der Waals surface area contributed by atoms with Crippen LogP contribution in [0.25, 0.3) is 0 Å². The third-order valence-corrected chi connectivity index (χ3v) is 4.18. The Morgan fingerprint density at radius 3 is 2.52 bits per heavy atom. The molecule has 3 N–H and O–H groups in total. The van der Waals surface area contributed by atoms with E-state index in [0.29, 0.717) is 5.02 Å². The molecule has 0 bridgehead atoms. The Balaban J connectivity index is 0.00000220. The molecule has 4 nitrogen and oxygen atoms in total. The highest BCUT2D eigenvalue weighted by atomic mass is 35.5. The molecule has 1 aromatic carbocycles. The van der Waals surface area contributed by atoms with Crippen molar-refractivity contribution in [2.24, 2.45) is 5.41 Å². The number of phenols is 1. The molecule has 21 heavy (non-hydrogen) atoms. The summed E-state index contributed by atoms with van der Waals surface area (Å²) in [5, 5.41) is 23.9. The van der Waals surface area contributed by atoms with Crippen LogP contribution in [0, 0.1) is 5.41 Å². The van der Waals surface area contributed by atoms with Gasteiger partial charge < -0.3 is 15.5 Å². The van der Waals surface area contributed by atoms with Gasteiger partial charge in [-0.1, -0.05) is 25.4 Å². The SMILES string of the molecule is CC(C)(CO)[C@@H](c1cc(Cl)ccc1O)N1CCNCC1.Cl. The third kappa shape index (κ3) is 4.24. The number of hydrogen-bond donors (Lipinski definition) is 3. The van der Waals surface area contributed by atoms with Gasteiger partial charge in [0, 0.05) is 54.8 Å². The van der Waals surface area contributed by atoms with Crippen molar-refractivity contribution in [2.45, 2.75) is 19.9 Å². The molecule has 1 aromatic rings. The maximum Gasteiger partial charge on any atom is 0.120 e. The van der Waals surface area contributed by atoms with Crippen LogP contribution in [0.2, 0.25) is 5.02 Å². The summed E-state index contributed by atoms with van der Waals surface area (Å²) in [5.41, 5.74) is 0.429. The second-order valence-corrected chi connectivity index (χ2v) is 6.47. The highest BCUT2D eigenvalue weighted by molar-refractivity contribution is 6.30. The fraction of sp³-hybridized carbons (Fsp3) is 0.600. The predicted octanol–water partition coefficient (Wildman–Crippen LogP) is 2.43. The largest absolute Gasteiger partial charge is 0.508 e. The van der Waals surface area contributed by atoms with E-state index in [-0.39, 0.29) is 36.2 Å². The summed E-state index contributed by atoms with van der Waals surface area (Å²) in [5.74, 6) is 0.236. The number of piperazine rings is 1. The molecule has 1 heterocycles. The fourth-order valence-corrected chi connectivity index (χ4v) is 3.06. The van der Waals surface area contributed by atoms with Gasteiger partial charge in [-0.25, -0.2) is 0 Å². The van der Waals surface area contributed by atoms with Crippen LogP contribution in [0.15, 0.2) is 18.2 Å². The van der Waals surface area contributed by atoms with Gasteiger partial charge in [-0.15, -0.1) is 12.4 Å². The van der Waals surface area contributed by atoms with Crippen LogP contribution in [0.1, 0.15) is 25.5 Å². The Kier molecular flexibility index (Phi) is 6.75. The summed E-state index contributed by atoms with van der Waals surface area (Å²) < 4.78 is 0. The van der Waals surface area contributed by atoms with Gasteiger partial charge >= 0.3 is 0 Å². The minimum atomic E-state index is -0.362. The second kappa shape index (κ2) is 7.65. The van der Waals surface area contributed by atoms with E-state index in [4.69, 9.17) is 11.6 Å². The average Bonchev–Trinajstić information content (AvgIpc) is 2.44. The second-order valence-electron chi connectivity index (χ2n) is 6.04. The number of aromatic hydroxyl groups is 1. The first-order valence-electron chi connectivity index (χ1n) is 7.00. The molecular weight excluding hydrogens is 311 g/mol. The van der Waals surface area contributed by atoms with Crippen LogP contribution >= 0.6 is 24.0 Å². The van der Waals surface area contributed by atoms with E-state index in [0.717, 1.165) is 31.7 Å². The van der Waals surface area contributed by atoms with Crippen LogP contribution in [-0.2, 0) is 0 Å². The van der Waals surface area contributed by atoms with Crippen molar-refractivity contribution in [3.05, 3.63) is 28.8 Å². The van der Waals surface area contributed by atoms with Crippen LogP contribution < -0.4 is 5.32 Å². The molecule has 0 aliphatic carbocycles. The van der Waals surface area contributed by atoms with Crippen molar-refractivity contribution in [1.82, 2.24) is 10.2 Å². The number of aliphatic hydroxyl groups excluding tert-OH is 1. The lowest BCUT2D eigenvalue weighted by Gasteiger charge is -2.43. The number of phenolic OH excluding ortho intramolecular Hbond substituents is 1. The minimum Gasteiger partial charge on any atom is -0.508 e. The van der Waals surface area contributed by atoms with Crippen molar-refractivity contribution in [3.63, 3.8) is 0 Å². The zero-order chi connectivity index (χ0) is 14.8. The molecule has 120 valence electrons. The van der Waals surface area contributed by atoms with Gasteiger partial charge in [0.25, 0.3) is 0 Å². The average molecular weight is 335 g/mol. The fourth-order valence-electron chi connectivity index (χ4n) is 2.88. The molecule has 0 aromatic heterocycles. The van der Waals surface area contributed by atoms with Gasteiger partial charge in [-0.2, -0.15) is 0 Å². The summed E-state index contributed by atoms with van der Waals surface area (Å²) in [4.78, 5) is 2.30. The van der Waals surface area contributed by atoms with E-state index >= 15 is 0 Å². The van der Waals surface area contributed by atoms with Gasteiger partial charge in [0.2, 0.25) is 0 Å². The Morgan fingerprint density at radius 1 is 1.33 bits per heavy atom. The highest BCUT2D eigenvalue weighted by Gasteiger charge is 2.37. The van der Waals surface area contributed by atoms with E-state index in [1.165, 1.54) is 0 Å². The Hall–Kier alpha value is -0.520. The van der Waals surface area contributed by atoms with Crippen LogP contribution in [0.3, 0.4) is 0 Å². The van der Waals surface area contributed by atoms with Crippen molar-refractivity contribution < 1.29 is 10.2 Å². The summed E-state index contributed by atoms with van der Waals surface area (Å²) in [6.07, 6.45) is 0. The number of rotatable bonds is 4. The molecule has 0 saturated carbocycles. The first-order valence-corrected chi connectivity index (χ1v) is 7.37. The third-order valence-electron chi connectivity index (χ3n) is 3.95. The maximum absolute atomic E-state index is 10.2. The lowest BCUT2D eigenvalue weighted by atomic mass is 9.79. The summed E-state index contributed by atoms with van der Waals surface area (Å²) in [7, 11) is 0. The molecule has 2 rings (SSSR count). The smallest absolute Gasteiger partial charge is 0.120 e. The predicted molar refractivity (Wildman–Crippen MR) is 88.4 cm³/mol. The number of hydrogen-bond acceptors (Lipinski definition) is 4. The zero-order valence-electron chi connectivity index (χ0n) is 12.5. The van der Waals surface area contributed by atoms with Gasteiger partial charge in [-0.3, -0.25) is 4.90 Å². The van der Waals surface area contributed by atoms with Gasteiger partial charge in [0.05, 0.1) is 0 Å². The molecule has 0 radical (unpaired) electrons. The normalized spacial score (nSPS) is 18.1. The molecule has 1 fully saturated rings. The molecule has 1 aliphatic heterocycles. The molecule has 1 atom stereocenters. The Labute approximate surface area is 137 Å². The molecule has 0 amide bonds. The number of nitrogens with zero attached hydrogens (tertiary/aromatic N) is 1. The van der Waals surface area contributed by atoms with E-state index < -0.39 is 0 Å². The number of benzene rings is 1. The summed E-state index contributed by atoms with van der Waals surface area (Å²) in [6, 6.07) is 5.05. The first-order chi connectivity index (χ1) is 9.45. The number of aliphatic hydroxyl groups is 1. The zero-order valence-corrected chi connectivity index (χ0v) is 14.0. The molecule has 1 aliphatic rings. The topological polar surface area (TPSA) is 55.7 Å². The van der Waals surface area contributed by atoms with Crippen LogP contribution in [0.4, 0.5) is 0 Å². The summed E-state index contributed by atoms with van der Waals surface area (Å²) >= 11 is 6.09. The number of halogens is 2. The Morgan fingerprint density at radius 2 is 1.95 bits per heavy atom. The first kappa shape index (κ1) is 18.5. The standard InChI is InChI=1S/C15H23ClN2O2.ClH/c1-15(2,10-19)14(18-7-5-17-6-8-18)12-9-11(16)3-4-13(12)20;/h3-4,9,14,17,19-20H,5-8,10H2,1-2H3;1H/t14-;/m1./s1. The number of nitrogens with one attached hydrogen (secondary N) is 1. The van der Waals surface area contributed by atoms with Gasteiger partial charge in [-0.05, 0) is 18.2 Å².